The molecule has 0 saturated carbocycles. The third kappa shape index (κ3) is 7.29. The van der Waals surface area contributed by atoms with Gasteiger partial charge < -0.3 is 5.73 Å². The lowest BCUT2D eigenvalue weighted by molar-refractivity contribution is 0.322. The zero-order valence-electron chi connectivity index (χ0n) is 10.2. The molecule has 0 aromatic rings. The van der Waals surface area contributed by atoms with Gasteiger partial charge in [0.25, 0.3) is 0 Å². The van der Waals surface area contributed by atoms with Gasteiger partial charge >= 0.3 is 0 Å². The van der Waals surface area contributed by atoms with Crippen LogP contribution >= 0.6 is 24.8 Å². The molecule has 1 heterocycles. The zero-order valence-corrected chi connectivity index (χ0v) is 11.9. The molecule has 0 aromatic heterocycles. The Balaban J connectivity index is 0. The first-order valence-electron chi connectivity index (χ1n) is 5.46. The highest BCUT2D eigenvalue weighted by Gasteiger charge is 2.09. The molecule has 2 N–H and O–H groups in total. The molecule has 0 aliphatic carbocycles. The number of hydrogen-bond acceptors (Lipinski definition) is 2. The first-order chi connectivity index (χ1) is 6.72. The Morgan fingerprint density at radius 2 is 2.12 bits per heavy atom. The van der Waals surface area contributed by atoms with Gasteiger partial charge in [0.15, 0.2) is 0 Å². The molecule has 0 atom stereocenters. The molecule has 1 rings (SSSR count). The molecular weight excluding hydrogens is 243 g/mol. The van der Waals surface area contributed by atoms with Crippen LogP contribution in [-0.4, -0.2) is 31.1 Å². The molecule has 0 bridgehead atoms. The second kappa shape index (κ2) is 10.2. The van der Waals surface area contributed by atoms with Crippen LogP contribution in [0.1, 0.15) is 26.7 Å². The van der Waals surface area contributed by atoms with Crippen molar-refractivity contribution in [2.45, 2.75) is 26.7 Å². The van der Waals surface area contributed by atoms with E-state index in [4.69, 9.17) is 5.73 Å². The summed E-state index contributed by atoms with van der Waals surface area (Å²) in [4.78, 5) is 2.47. The van der Waals surface area contributed by atoms with Gasteiger partial charge in [0, 0.05) is 19.6 Å². The van der Waals surface area contributed by atoms with Crippen molar-refractivity contribution >= 4 is 24.8 Å². The van der Waals surface area contributed by atoms with E-state index in [0.29, 0.717) is 0 Å². The lowest BCUT2D eigenvalue weighted by atomic mass is 10.1. The van der Waals surface area contributed by atoms with E-state index in [0.717, 1.165) is 26.1 Å². The second-order valence-corrected chi connectivity index (χ2v) is 4.19. The van der Waals surface area contributed by atoms with Crippen molar-refractivity contribution in [3.63, 3.8) is 0 Å². The largest absolute Gasteiger partial charge is 0.330 e. The highest BCUT2D eigenvalue weighted by atomic mass is 35.5. The van der Waals surface area contributed by atoms with E-state index in [1.807, 2.05) is 0 Å². The molecule has 0 amide bonds. The van der Waals surface area contributed by atoms with Crippen LogP contribution in [0.4, 0.5) is 0 Å². The van der Waals surface area contributed by atoms with Gasteiger partial charge in [-0.05, 0) is 33.2 Å². The van der Waals surface area contributed by atoms with E-state index in [1.165, 1.54) is 18.5 Å². The first-order valence-corrected chi connectivity index (χ1v) is 5.46. The summed E-state index contributed by atoms with van der Waals surface area (Å²) in [6.45, 7) is 8.47. The van der Waals surface area contributed by atoms with Crippen molar-refractivity contribution in [2.24, 2.45) is 5.73 Å². The maximum atomic E-state index is 5.53. The minimum absolute atomic E-state index is 0. The van der Waals surface area contributed by atoms with Crippen molar-refractivity contribution in [1.29, 1.82) is 0 Å². The maximum Gasteiger partial charge on any atom is 0.0169 e. The number of allylic oxidation sites excluding steroid dienone is 1. The normalized spacial score (nSPS) is 15.6. The highest BCUT2D eigenvalue weighted by Crippen LogP contribution is 2.13. The van der Waals surface area contributed by atoms with Crippen molar-refractivity contribution < 1.29 is 0 Å². The van der Waals surface area contributed by atoms with Crippen LogP contribution in [0.2, 0.25) is 0 Å². The molecule has 4 heteroatoms. The van der Waals surface area contributed by atoms with Crippen molar-refractivity contribution in [3.8, 4) is 0 Å². The van der Waals surface area contributed by atoms with E-state index in [9.17, 15) is 0 Å². The molecular formula is C12H24Cl2N2. The monoisotopic (exact) mass is 266 g/mol. The summed E-state index contributed by atoms with van der Waals surface area (Å²) in [7, 11) is 0. The van der Waals surface area contributed by atoms with Gasteiger partial charge in [-0.15, -0.1) is 24.8 Å². The SMILES string of the molecule is CC(C)=CCN1CC=C(CCN)CC1.Cl.Cl. The molecule has 0 radical (unpaired) electrons. The van der Waals surface area contributed by atoms with E-state index in [2.05, 4.69) is 30.9 Å². The van der Waals surface area contributed by atoms with Crippen molar-refractivity contribution in [3.05, 3.63) is 23.3 Å². The Labute approximate surface area is 112 Å². The summed E-state index contributed by atoms with van der Waals surface area (Å²) in [6, 6.07) is 0. The van der Waals surface area contributed by atoms with Crippen LogP contribution in [0, 0.1) is 0 Å². The highest BCUT2D eigenvalue weighted by molar-refractivity contribution is 5.85. The lowest BCUT2D eigenvalue weighted by Crippen LogP contribution is -2.29. The zero-order chi connectivity index (χ0) is 10.4. The Bertz CT molecular complexity index is 233. The molecule has 2 nitrogen and oxygen atoms in total. The molecule has 1 aliphatic heterocycles. The van der Waals surface area contributed by atoms with Crippen molar-refractivity contribution in [2.75, 3.05) is 26.2 Å². The fourth-order valence-corrected chi connectivity index (χ4v) is 1.64. The van der Waals surface area contributed by atoms with Crippen LogP contribution in [0.15, 0.2) is 23.3 Å². The lowest BCUT2D eigenvalue weighted by Gasteiger charge is -2.25. The molecule has 0 aromatic carbocycles. The Morgan fingerprint density at radius 1 is 1.44 bits per heavy atom. The number of halogens is 2. The predicted molar refractivity (Wildman–Crippen MR) is 76.7 cm³/mol. The van der Waals surface area contributed by atoms with Gasteiger partial charge in [-0.3, -0.25) is 4.90 Å². The quantitative estimate of drug-likeness (QED) is 0.794. The van der Waals surface area contributed by atoms with Gasteiger partial charge in [0.2, 0.25) is 0 Å². The predicted octanol–water partition coefficient (Wildman–Crippen LogP) is 2.78. The summed E-state index contributed by atoms with van der Waals surface area (Å²) >= 11 is 0. The fourth-order valence-electron chi connectivity index (χ4n) is 1.64. The minimum Gasteiger partial charge on any atom is -0.330 e. The van der Waals surface area contributed by atoms with Crippen LogP contribution in [0.3, 0.4) is 0 Å². The third-order valence-corrected chi connectivity index (χ3v) is 2.61. The smallest absolute Gasteiger partial charge is 0.0169 e. The fraction of sp³-hybridized carbons (Fsp3) is 0.667. The minimum atomic E-state index is 0. The van der Waals surface area contributed by atoms with Gasteiger partial charge in [-0.25, -0.2) is 0 Å². The second-order valence-electron chi connectivity index (χ2n) is 4.19. The van der Waals surface area contributed by atoms with E-state index in [-0.39, 0.29) is 24.8 Å². The summed E-state index contributed by atoms with van der Waals surface area (Å²) in [5.74, 6) is 0. The van der Waals surface area contributed by atoms with Crippen LogP contribution in [-0.2, 0) is 0 Å². The Hall–Kier alpha value is -0.0200. The maximum absolute atomic E-state index is 5.53. The van der Waals surface area contributed by atoms with Gasteiger partial charge in [-0.2, -0.15) is 0 Å². The number of nitrogens with zero attached hydrogens (tertiary/aromatic N) is 1. The first kappa shape index (κ1) is 18.3. The summed E-state index contributed by atoms with van der Waals surface area (Å²) in [5, 5.41) is 0. The van der Waals surface area contributed by atoms with Crippen molar-refractivity contribution in [1.82, 2.24) is 4.90 Å². The van der Waals surface area contributed by atoms with E-state index in [1.54, 1.807) is 5.57 Å². The summed E-state index contributed by atoms with van der Waals surface area (Å²) in [5.41, 5.74) is 8.48. The number of hydrogen-bond donors (Lipinski definition) is 1. The molecule has 1 aliphatic rings. The third-order valence-electron chi connectivity index (χ3n) is 2.61. The van der Waals surface area contributed by atoms with Crippen LogP contribution < -0.4 is 5.73 Å². The number of rotatable bonds is 4. The van der Waals surface area contributed by atoms with E-state index < -0.39 is 0 Å². The number of nitrogens with two attached hydrogens (primary N) is 1. The molecule has 96 valence electrons. The van der Waals surface area contributed by atoms with E-state index >= 15 is 0 Å². The molecule has 0 spiro atoms. The Kier molecular flexibility index (Phi) is 11.6. The van der Waals surface area contributed by atoms with Crippen LogP contribution in [0.5, 0.6) is 0 Å². The molecule has 0 fully saturated rings. The molecule has 0 saturated heterocycles. The molecule has 16 heavy (non-hydrogen) atoms. The van der Waals surface area contributed by atoms with Crippen LogP contribution in [0.25, 0.3) is 0 Å². The van der Waals surface area contributed by atoms with Gasteiger partial charge in [0.1, 0.15) is 0 Å². The average molecular weight is 267 g/mol. The van der Waals surface area contributed by atoms with Gasteiger partial charge in [0.05, 0.1) is 0 Å². The standard InChI is InChI=1S/C12H22N2.2ClH/c1-11(2)4-8-14-9-5-12(3-7-13)6-10-14;;/h4-5H,3,6-10,13H2,1-2H3;2*1H. The average Bonchev–Trinajstić information content (AvgIpc) is 2.17. The summed E-state index contributed by atoms with van der Waals surface area (Å²) in [6.07, 6.45) is 6.92. The van der Waals surface area contributed by atoms with Gasteiger partial charge in [-0.1, -0.05) is 23.3 Å². The topological polar surface area (TPSA) is 29.3 Å². The molecule has 0 unspecified atom stereocenters. The Morgan fingerprint density at radius 3 is 2.56 bits per heavy atom. The summed E-state index contributed by atoms with van der Waals surface area (Å²) < 4.78 is 0.